The smallest absolute Gasteiger partial charge is 0.324 e. The number of aromatic nitrogens is 8. The van der Waals surface area contributed by atoms with Gasteiger partial charge >= 0.3 is 17.1 Å². The molecule has 3 aromatic heterocycles. The number of hydrogen-bond acceptors (Lipinski definition) is 6. The molecule has 0 atom stereocenters. The van der Waals surface area contributed by atoms with Gasteiger partial charge in [-0.1, -0.05) is 108 Å². The van der Waals surface area contributed by atoms with E-state index < -0.39 is 0 Å². The maximum atomic E-state index is 6.79. The second kappa shape index (κ2) is 10.1. The molecule has 4 aromatic carbocycles. The van der Waals surface area contributed by atoms with Gasteiger partial charge in [0.05, 0.1) is 15.1 Å². The van der Waals surface area contributed by atoms with Crippen molar-refractivity contribution in [2.24, 2.45) is 0 Å². The molecular formula is C32H15Cl3CuN8+. The van der Waals surface area contributed by atoms with Gasteiger partial charge in [0.2, 0.25) is 0 Å². The molecule has 0 aliphatic carbocycles. The third-order valence-corrected chi connectivity index (χ3v) is 8.94. The summed E-state index contributed by atoms with van der Waals surface area (Å²) in [5, 5.41) is 3.84. The van der Waals surface area contributed by atoms with Crippen LogP contribution in [0, 0.1) is 0 Å². The summed E-state index contributed by atoms with van der Waals surface area (Å²) in [6.45, 7) is 0. The summed E-state index contributed by atoms with van der Waals surface area (Å²) in [6.07, 6.45) is 0. The van der Waals surface area contributed by atoms with E-state index in [1.165, 1.54) is 0 Å². The number of aromatic amines is 2. The van der Waals surface area contributed by atoms with E-state index in [-0.39, 0.29) is 27.1 Å². The Balaban J connectivity index is 0.00000289. The van der Waals surface area contributed by atoms with Gasteiger partial charge in [0, 0.05) is 43.8 Å². The van der Waals surface area contributed by atoms with E-state index in [1.807, 2.05) is 72.8 Å². The van der Waals surface area contributed by atoms with Crippen LogP contribution in [0.2, 0.25) is 15.1 Å². The molecule has 0 unspecified atom stereocenters. The zero-order valence-electron chi connectivity index (χ0n) is 22.1. The molecule has 0 spiro atoms. The monoisotopic (exact) mass is 679 g/mol. The van der Waals surface area contributed by atoms with Crippen molar-refractivity contribution < 1.29 is 17.1 Å². The first kappa shape index (κ1) is 27.2. The molecule has 0 saturated heterocycles. The number of benzene rings is 4. The standard InChI is InChI=1S/C32H15Cl3N8.Cu/c33-21-13-20-22(24(35)23(21)34)32-42-30-19-12-6-5-11-18(19)28(40-30)38-26-15-8-2-1-7-14(15)25(36-26)37-27-16-9-3-4-10-17(16)29(39-27)41-31(20)43-32;/h1-13H,(H2,36,37,38,39,40,41,42,43);/q;+1. The molecule has 0 saturated carbocycles. The summed E-state index contributed by atoms with van der Waals surface area (Å²) >= 11 is 19.8. The molecule has 8 bridgehead atoms. The Morgan fingerprint density at radius 2 is 0.818 bits per heavy atom. The second-order valence-electron chi connectivity index (χ2n) is 10.2. The largest absolute Gasteiger partial charge is 1.00 e. The third-order valence-electron chi connectivity index (χ3n) is 7.68. The summed E-state index contributed by atoms with van der Waals surface area (Å²) in [5.74, 6) is 2.00. The minimum atomic E-state index is 0. The predicted molar refractivity (Wildman–Crippen MR) is 171 cm³/mol. The fourth-order valence-corrected chi connectivity index (χ4v) is 6.39. The van der Waals surface area contributed by atoms with Gasteiger partial charge in [-0.25, -0.2) is 29.9 Å². The van der Waals surface area contributed by atoms with E-state index in [0.29, 0.717) is 61.7 Å². The molecule has 0 amide bonds. The van der Waals surface area contributed by atoms with E-state index in [2.05, 4.69) is 9.97 Å². The molecule has 0 radical (unpaired) electrons. The van der Waals surface area contributed by atoms with Crippen molar-refractivity contribution in [3.05, 3.63) is 93.9 Å². The second-order valence-corrected chi connectivity index (χ2v) is 11.3. The Kier molecular flexibility index (Phi) is 6.24. The van der Waals surface area contributed by atoms with Gasteiger partial charge in [-0.15, -0.1) is 0 Å². The van der Waals surface area contributed by atoms with Crippen LogP contribution in [-0.4, -0.2) is 39.9 Å². The van der Waals surface area contributed by atoms with E-state index in [4.69, 9.17) is 64.7 Å². The molecule has 2 N–H and O–H groups in total. The average molecular weight is 681 g/mol. The number of nitrogens with one attached hydrogen (secondary N) is 2. The maximum Gasteiger partial charge on any atom is 1.00 e. The first-order chi connectivity index (χ1) is 21.0. The fraction of sp³-hybridized carbons (Fsp3) is 0. The Bertz CT molecular complexity index is 2520. The van der Waals surface area contributed by atoms with Gasteiger partial charge in [-0.2, -0.15) is 0 Å². The van der Waals surface area contributed by atoms with E-state index in [0.717, 1.165) is 33.0 Å². The van der Waals surface area contributed by atoms with Gasteiger partial charge in [-0.3, -0.25) is 0 Å². The summed E-state index contributed by atoms with van der Waals surface area (Å²) in [5.41, 5.74) is 5.56. The van der Waals surface area contributed by atoms with E-state index >= 15 is 0 Å². The molecule has 5 heterocycles. The van der Waals surface area contributed by atoms with Crippen molar-refractivity contribution in [3.8, 4) is 45.6 Å². The maximum absolute atomic E-state index is 6.79. The van der Waals surface area contributed by atoms with Gasteiger partial charge in [0.1, 0.15) is 22.6 Å². The van der Waals surface area contributed by atoms with Crippen LogP contribution in [0.4, 0.5) is 0 Å². The van der Waals surface area contributed by atoms with Crippen molar-refractivity contribution in [2.75, 3.05) is 0 Å². The first-order valence-electron chi connectivity index (χ1n) is 13.3. The summed E-state index contributed by atoms with van der Waals surface area (Å²) in [6, 6.07) is 25.4. The minimum absolute atomic E-state index is 0. The predicted octanol–water partition coefficient (Wildman–Crippen LogP) is 8.83. The Labute approximate surface area is 274 Å². The van der Waals surface area contributed by atoms with Crippen LogP contribution < -0.4 is 0 Å². The zero-order valence-corrected chi connectivity index (χ0v) is 25.3. The number of H-pyrrole nitrogens is 2. The van der Waals surface area contributed by atoms with Gasteiger partial charge in [0.15, 0.2) is 23.3 Å². The molecular weight excluding hydrogens is 666 g/mol. The SMILES string of the molecule is Clc1cc2c3nc4nc(nc5[nH]c(nc6nc(nc([nH]3)c2c(Cl)c1Cl)-c1ccccc1-6)c1ccccc51)-c1ccccc1-4.[Cu+]. The van der Waals surface area contributed by atoms with E-state index in [9.17, 15) is 0 Å². The Morgan fingerprint density at radius 3 is 1.30 bits per heavy atom. The normalized spacial score (nSPS) is 11.8. The van der Waals surface area contributed by atoms with Crippen LogP contribution in [0.1, 0.15) is 0 Å². The molecule has 9 rings (SSSR count). The van der Waals surface area contributed by atoms with Crippen LogP contribution in [0.15, 0.2) is 78.9 Å². The molecule has 7 aromatic rings. The topological polar surface area (TPSA) is 109 Å². The summed E-state index contributed by atoms with van der Waals surface area (Å²) < 4.78 is 0. The molecule has 214 valence electrons. The number of hydrogen-bond donors (Lipinski definition) is 2. The molecule has 2 aliphatic heterocycles. The molecule has 44 heavy (non-hydrogen) atoms. The quantitative estimate of drug-likeness (QED) is 0.122. The van der Waals surface area contributed by atoms with Gasteiger partial charge < -0.3 is 9.97 Å². The Morgan fingerprint density at radius 1 is 0.432 bits per heavy atom. The van der Waals surface area contributed by atoms with Crippen LogP contribution in [0.3, 0.4) is 0 Å². The number of nitrogens with zero attached hydrogens (tertiary/aromatic N) is 6. The van der Waals surface area contributed by atoms with Crippen LogP contribution >= 0.6 is 34.8 Å². The van der Waals surface area contributed by atoms with Crippen molar-refractivity contribution in [1.82, 2.24) is 39.9 Å². The van der Waals surface area contributed by atoms with Crippen molar-refractivity contribution in [2.45, 2.75) is 0 Å². The first-order valence-corrected chi connectivity index (χ1v) is 14.4. The summed E-state index contributed by atoms with van der Waals surface area (Å²) in [4.78, 5) is 36.4. The van der Waals surface area contributed by atoms with Crippen molar-refractivity contribution in [3.63, 3.8) is 0 Å². The fourth-order valence-electron chi connectivity index (χ4n) is 5.70. The van der Waals surface area contributed by atoms with E-state index in [1.54, 1.807) is 6.07 Å². The Hall–Kier alpha value is -4.37. The number of fused-ring (bicyclic) bond motifs is 20. The van der Waals surface area contributed by atoms with Crippen LogP contribution in [0.5, 0.6) is 0 Å². The van der Waals surface area contributed by atoms with Crippen molar-refractivity contribution in [1.29, 1.82) is 0 Å². The average Bonchev–Trinajstić information content (AvgIpc) is 3.75. The third kappa shape index (κ3) is 3.98. The molecule has 0 fully saturated rings. The van der Waals surface area contributed by atoms with Crippen LogP contribution in [-0.2, 0) is 17.1 Å². The van der Waals surface area contributed by atoms with Gasteiger partial charge in [0.25, 0.3) is 0 Å². The zero-order chi connectivity index (χ0) is 28.8. The van der Waals surface area contributed by atoms with Crippen molar-refractivity contribution >= 4 is 78.9 Å². The molecule has 12 heteroatoms. The summed E-state index contributed by atoms with van der Waals surface area (Å²) in [7, 11) is 0. The van der Waals surface area contributed by atoms with Gasteiger partial charge in [-0.05, 0) is 6.07 Å². The molecule has 2 aliphatic rings. The minimum Gasteiger partial charge on any atom is -0.324 e. The van der Waals surface area contributed by atoms with Crippen LogP contribution in [0.25, 0.3) is 89.7 Å². The molecule has 8 nitrogen and oxygen atoms in total. The number of halogens is 3. The number of rotatable bonds is 0.